The fourth-order valence-corrected chi connectivity index (χ4v) is 3.03. The molecule has 0 unspecified atom stereocenters. The van der Waals surface area contributed by atoms with E-state index in [9.17, 15) is 14.7 Å². The van der Waals surface area contributed by atoms with Crippen molar-refractivity contribution in [1.82, 2.24) is 15.0 Å². The number of halogens is 1. The lowest BCUT2D eigenvalue weighted by molar-refractivity contribution is 0.0955. The van der Waals surface area contributed by atoms with Crippen molar-refractivity contribution in [3.63, 3.8) is 0 Å². The van der Waals surface area contributed by atoms with Gasteiger partial charge in [0, 0.05) is 0 Å². The van der Waals surface area contributed by atoms with Crippen LogP contribution < -0.4 is 11.0 Å². The Bertz CT molecular complexity index is 1200. The average molecular weight is 415 g/mol. The summed E-state index contributed by atoms with van der Waals surface area (Å²) in [6.07, 6.45) is 1.05. The highest BCUT2D eigenvalue weighted by atomic mass is 35.5. The van der Waals surface area contributed by atoms with Gasteiger partial charge in [0.15, 0.2) is 4.77 Å². The van der Waals surface area contributed by atoms with Crippen LogP contribution in [0.3, 0.4) is 0 Å². The van der Waals surface area contributed by atoms with E-state index in [1.807, 2.05) is 13.0 Å². The number of H-pyrrole nitrogens is 1. The second-order valence-corrected chi connectivity index (χ2v) is 6.64. The van der Waals surface area contributed by atoms with Crippen molar-refractivity contribution < 1.29 is 9.90 Å². The molecule has 2 aromatic carbocycles. The van der Waals surface area contributed by atoms with Crippen LogP contribution in [0.1, 0.15) is 21.5 Å². The first-order valence-electron chi connectivity index (χ1n) is 8.11. The number of nitrogens with zero attached hydrogens (tertiary/aromatic N) is 2. The van der Waals surface area contributed by atoms with E-state index in [2.05, 4.69) is 15.5 Å². The van der Waals surface area contributed by atoms with E-state index in [4.69, 9.17) is 23.8 Å². The predicted octanol–water partition coefficient (Wildman–Crippen LogP) is 3.33. The SMILES string of the molecule is Cc1cccc(-n2c(O)c(/C=N/NC(=O)c3ccccc3Cl)c(=O)[nH]c2=S)c1. The summed E-state index contributed by atoms with van der Waals surface area (Å²) in [6, 6.07) is 13.7. The van der Waals surface area contributed by atoms with Crippen molar-refractivity contribution in [2.45, 2.75) is 6.92 Å². The first-order valence-corrected chi connectivity index (χ1v) is 8.90. The van der Waals surface area contributed by atoms with Crippen molar-refractivity contribution in [2.75, 3.05) is 0 Å². The highest BCUT2D eigenvalue weighted by Crippen LogP contribution is 2.19. The quantitative estimate of drug-likeness (QED) is 0.346. The third-order valence-electron chi connectivity index (χ3n) is 3.86. The molecule has 7 nitrogen and oxygen atoms in total. The van der Waals surface area contributed by atoms with E-state index >= 15 is 0 Å². The molecular formula is C19H15ClN4O3S. The van der Waals surface area contributed by atoms with E-state index in [-0.39, 0.29) is 20.9 Å². The number of carbonyl (C=O) groups is 1. The van der Waals surface area contributed by atoms with Gasteiger partial charge < -0.3 is 5.11 Å². The Hall–Kier alpha value is -3.23. The summed E-state index contributed by atoms with van der Waals surface area (Å²) in [5.74, 6) is -0.945. The first-order chi connectivity index (χ1) is 13.4. The van der Waals surface area contributed by atoms with Gasteiger partial charge in [-0.25, -0.2) is 5.43 Å². The molecule has 0 aliphatic heterocycles. The Morgan fingerprint density at radius 2 is 2.04 bits per heavy atom. The summed E-state index contributed by atoms with van der Waals surface area (Å²) in [5, 5.41) is 14.6. The number of hydrazone groups is 1. The van der Waals surface area contributed by atoms with Gasteiger partial charge in [-0.2, -0.15) is 5.10 Å². The molecule has 28 heavy (non-hydrogen) atoms. The minimum absolute atomic E-state index is 0.0327. The molecule has 0 bridgehead atoms. The van der Waals surface area contributed by atoms with Gasteiger partial charge in [-0.15, -0.1) is 0 Å². The number of hydrogen-bond donors (Lipinski definition) is 3. The maximum absolute atomic E-state index is 12.2. The monoisotopic (exact) mass is 414 g/mol. The van der Waals surface area contributed by atoms with Gasteiger partial charge in [0.25, 0.3) is 11.5 Å². The van der Waals surface area contributed by atoms with Crippen LogP contribution in [0.25, 0.3) is 5.69 Å². The highest BCUT2D eigenvalue weighted by molar-refractivity contribution is 7.71. The molecule has 9 heteroatoms. The van der Waals surface area contributed by atoms with Crippen molar-refractivity contribution in [3.05, 3.63) is 85.4 Å². The Morgan fingerprint density at radius 3 is 2.75 bits per heavy atom. The third kappa shape index (κ3) is 4.03. The minimum atomic E-state index is -0.637. The van der Waals surface area contributed by atoms with Crippen molar-refractivity contribution in [2.24, 2.45) is 5.10 Å². The Labute approximate surface area is 169 Å². The second kappa shape index (κ2) is 8.20. The van der Waals surface area contributed by atoms with Gasteiger partial charge in [0.2, 0.25) is 5.88 Å². The van der Waals surface area contributed by atoms with E-state index in [0.29, 0.717) is 5.69 Å². The van der Waals surface area contributed by atoms with Crippen LogP contribution in [0.2, 0.25) is 5.02 Å². The van der Waals surface area contributed by atoms with Gasteiger partial charge in [-0.1, -0.05) is 35.9 Å². The van der Waals surface area contributed by atoms with Crippen molar-refractivity contribution in [1.29, 1.82) is 0 Å². The maximum Gasteiger partial charge on any atom is 0.272 e. The number of hydrogen-bond acceptors (Lipinski definition) is 5. The summed E-state index contributed by atoms with van der Waals surface area (Å²) in [5.41, 5.74) is 3.24. The molecule has 0 radical (unpaired) electrons. The van der Waals surface area contributed by atoms with Gasteiger partial charge >= 0.3 is 0 Å². The number of amides is 1. The molecule has 3 rings (SSSR count). The number of benzene rings is 2. The summed E-state index contributed by atoms with van der Waals surface area (Å²) in [7, 11) is 0. The summed E-state index contributed by atoms with van der Waals surface area (Å²) in [4.78, 5) is 26.8. The molecule has 142 valence electrons. The summed E-state index contributed by atoms with van der Waals surface area (Å²) < 4.78 is 1.34. The van der Waals surface area contributed by atoms with Crippen LogP contribution in [-0.4, -0.2) is 26.8 Å². The van der Waals surface area contributed by atoms with E-state index < -0.39 is 17.3 Å². The average Bonchev–Trinajstić information content (AvgIpc) is 2.64. The fourth-order valence-electron chi connectivity index (χ4n) is 2.52. The van der Waals surface area contributed by atoms with Crippen LogP contribution in [0, 0.1) is 11.7 Å². The molecular weight excluding hydrogens is 400 g/mol. The molecule has 3 N–H and O–H groups in total. The molecule has 0 spiro atoms. The number of aromatic hydroxyl groups is 1. The molecule has 0 saturated heterocycles. The molecule has 0 aliphatic rings. The number of aromatic nitrogens is 2. The largest absolute Gasteiger partial charge is 0.494 e. The Morgan fingerprint density at radius 1 is 1.29 bits per heavy atom. The zero-order valence-electron chi connectivity index (χ0n) is 14.6. The fraction of sp³-hybridized carbons (Fsp3) is 0.0526. The van der Waals surface area contributed by atoms with E-state index in [1.54, 1.807) is 36.4 Å². The molecule has 0 aliphatic carbocycles. The molecule has 0 atom stereocenters. The van der Waals surface area contributed by atoms with Crippen LogP contribution >= 0.6 is 23.8 Å². The van der Waals surface area contributed by atoms with Gasteiger partial charge in [-0.3, -0.25) is 19.1 Å². The summed E-state index contributed by atoms with van der Waals surface area (Å²) >= 11 is 11.1. The normalized spacial score (nSPS) is 10.9. The van der Waals surface area contributed by atoms with Gasteiger partial charge in [0.1, 0.15) is 5.56 Å². The number of carbonyl (C=O) groups excluding carboxylic acids is 1. The molecule has 0 fully saturated rings. The zero-order valence-corrected chi connectivity index (χ0v) is 16.2. The summed E-state index contributed by atoms with van der Waals surface area (Å²) in [6.45, 7) is 1.89. The predicted molar refractivity (Wildman–Crippen MR) is 110 cm³/mol. The highest BCUT2D eigenvalue weighted by Gasteiger charge is 2.13. The lowest BCUT2D eigenvalue weighted by atomic mass is 10.2. The number of nitrogens with one attached hydrogen (secondary N) is 2. The first kappa shape index (κ1) is 19.5. The smallest absolute Gasteiger partial charge is 0.272 e. The molecule has 3 aromatic rings. The van der Waals surface area contributed by atoms with Crippen LogP contribution in [0.5, 0.6) is 5.88 Å². The number of aryl methyl sites for hydroxylation is 1. The lowest BCUT2D eigenvalue weighted by Gasteiger charge is -2.11. The molecule has 0 saturated carbocycles. The lowest BCUT2D eigenvalue weighted by Crippen LogP contribution is -2.21. The van der Waals surface area contributed by atoms with E-state index in [1.165, 1.54) is 10.6 Å². The molecule has 1 amide bonds. The zero-order chi connectivity index (χ0) is 20.3. The van der Waals surface area contributed by atoms with Gasteiger partial charge in [0.05, 0.1) is 22.5 Å². The standard InChI is InChI=1S/C19H15ClN4O3S/c1-11-5-4-6-12(9-11)24-18(27)14(16(25)22-19(24)28)10-21-23-17(26)13-7-2-3-8-15(13)20/h2-10,27H,1H3,(H,23,26)(H,22,25,28)/b21-10+. The molecule has 1 aromatic heterocycles. The number of rotatable bonds is 4. The minimum Gasteiger partial charge on any atom is -0.494 e. The van der Waals surface area contributed by atoms with Crippen LogP contribution in [0.4, 0.5) is 0 Å². The Kier molecular flexibility index (Phi) is 5.72. The van der Waals surface area contributed by atoms with E-state index in [0.717, 1.165) is 11.8 Å². The van der Waals surface area contributed by atoms with Crippen LogP contribution in [0.15, 0.2) is 58.4 Å². The van der Waals surface area contributed by atoms with Crippen molar-refractivity contribution in [3.8, 4) is 11.6 Å². The third-order valence-corrected chi connectivity index (χ3v) is 4.47. The number of aromatic amines is 1. The molecule has 1 heterocycles. The maximum atomic E-state index is 12.2. The van der Waals surface area contributed by atoms with Gasteiger partial charge in [-0.05, 0) is 49.0 Å². The Balaban J connectivity index is 1.94. The topological polar surface area (TPSA) is 99.5 Å². The van der Waals surface area contributed by atoms with Crippen LogP contribution in [-0.2, 0) is 0 Å². The second-order valence-electron chi connectivity index (χ2n) is 5.85. The van der Waals surface area contributed by atoms with Crippen molar-refractivity contribution >= 4 is 35.9 Å².